The van der Waals surface area contributed by atoms with E-state index in [-0.39, 0.29) is 0 Å². The fourth-order valence-corrected chi connectivity index (χ4v) is 4.28. The average molecular weight is 338 g/mol. The number of aryl methyl sites for hydroxylation is 6. The highest BCUT2D eigenvalue weighted by molar-refractivity contribution is 5.60. The Morgan fingerprint density at radius 2 is 1.16 bits per heavy atom. The summed E-state index contributed by atoms with van der Waals surface area (Å²) in [7, 11) is 0. The Morgan fingerprint density at radius 1 is 0.720 bits per heavy atom. The fourth-order valence-electron chi connectivity index (χ4n) is 4.28. The summed E-state index contributed by atoms with van der Waals surface area (Å²) in [6.45, 7) is 19.1. The van der Waals surface area contributed by atoms with Gasteiger partial charge >= 0.3 is 0 Å². The van der Waals surface area contributed by atoms with Crippen LogP contribution in [-0.2, 0) is 6.42 Å². The zero-order valence-corrected chi connectivity index (χ0v) is 17.5. The van der Waals surface area contributed by atoms with E-state index in [2.05, 4.69) is 84.6 Å². The number of anilines is 1. The summed E-state index contributed by atoms with van der Waals surface area (Å²) in [6, 6.07) is 9.77. The van der Waals surface area contributed by atoms with Crippen molar-refractivity contribution in [3.8, 4) is 0 Å². The summed E-state index contributed by atoms with van der Waals surface area (Å²) >= 11 is 0. The van der Waals surface area contributed by atoms with E-state index in [1.54, 1.807) is 0 Å². The number of rotatable bonds is 6. The molecule has 0 bridgehead atoms. The van der Waals surface area contributed by atoms with Gasteiger partial charge in [-0.05, 0) is 96.0 Å². The lowest BCUT2D eigenvalue weighted by atomic mass is 9.96. The molecule has 0 aliphatic rings. The predicted molar refractivity (Wildman–Crippen MR) is 112 cm³/mol. The second kappa shape index (κ2) is 8.08. The maximum atomic E-state index is 2.59. The third-order valence-electron chi connectivity index (χ3n) is 5.21. The van der Waals surface area contributed by atoms with E-state index < -0.39 is 0 Å². The van der Waals surface area contributed by atoms with Crippen LogP contribution in [0, 0.1) is 41.5 Å². The Bertz CT molecular complexity index is 694. The van der Waals surface area contributed by atoms with Gasteiger partial charge in [0, 0.05) is 18.3 Å². The van der Waals surface area contributed by atoms with Gasteiger partial charge in [0.1, 0.15) is 0 Å². The molecule has 0 aliphatic heterocycles. The highest BCUT2D eigenvalue weighted by atomic mass is 15.2. The van der Waals surface area contributed by atoms with Gasteiger partial charge in [0.05, 0.1) is 0 Å². The van der Waals surface area contributed by atoms with Crippen LogP contribution in [0.5, 0.6) is 0 Å². The molecular weight excluding hydrogens is 302 g/mol. The monoisotopic (exact) mass is 337 g/mol. The molecule has 0 aromatic heterocycles. The molecule has 1 heteroatoms. The van der Waals surface area contributed by atoms with E-state index in [1.807, 2.05) is 0 Å². The summed E-state index contributed by atoms with van der Waals surface area (Å²) < 4.78 is 0. The smallest absolute Gasteiger partial charge is 0.0428 e. The minimum atomic E-state index is 0.514. The van der Waals surface area contributed by atoms with E-state index in [0.29, 0.717) is 6.04 Å². The minimum absolute atomic E-state index is 0.514. The van der Waals surface area contributed by atoms with Crippen LogP contribution in [0.2, 0.25) is 0 Å². The van der Waals surface area contributed by atoms with Crippen molar-refractivity contribution in [3.63, 3.8) is 0 Å². The standard InChI is InChI=1S/C24H35N/c1-16(2)25(24-21(7)14-18(4)15-22(24)8)11-9-10-23-19(5)12-17(3)13-20(23)6/h12-16H,9-11H2,1-8H3. The lowest BCUT2D eigenvalue weighted by Crippen LogP contribution is -2.33. The summed E-state index contributed by atoms with van der Waals surface area (Å²) in [6.07, 6.45) is 2.35. The van der Waals surface area contributed by atoms with Crippen LogP contribution >= 0.6 is 0 Å². The van der Waals surface area contributed by atoms with Gasteiger partial charge in [-0.3, -0.25) is 0 Å². The molecular formula is C24H35N. The van der Waals surface area contributed by atoms with E-state index in [0.717, 1.165) is 13.0 Å². The highest BCUT2D eigenvalue weighted by Crippen LogP contribution is 2.28. The number of nitrogens with zero attached hydrogens (tertiary/aromatic N) is 1. The largest absolute Gasteiger partial charge is 0.369 e. The average Bonchev–Trinajstić information content (AvgIpc) is 2.46. The molecule has 0 saturated carbocycles. The molecule has 25 heavy (non-hydrogen) atoms. The van der Waals surface area contributed by atoms with Gasteiger partial charge in [0.25, 0.3) is 0 Å². The molecule has 0 spiro atoms. The topological polar surface area (TPSA) is 3.24 Å². The van der Waals surface area contributed by atoms with E-state index >= 15 is 0 Å². The van der Waals surface area contributed by atoms with Crippen molar-refractivity contribution < 1.29 is 0 Å². The third kappa shape index (κ3) is 4.66. The van der Waals surface area contributed by atoms with Crippen molar-refractivity contribution in [2.24, 2.45) is 0 Å². The van der Waals surface area contributed by atoms with Crippen LogP contribution in [-0.4, -0.2) is 12.6 Å². The van der Waals surface area contributed by atoms with E-state index in [1.165, 1.54) is 51.1 Å². The molecule has 0 atom stereocenters. The van der Waals surface area contributed by atoms with Gasteiger partial charge in [0.2, 0.25) is 0 Å². The highest BCUT2D eigenvalue weighted by Gasteiger charge is 2.16. The molecule has 0 fully saturated rings. The quantitative estimate of drug-likeness (QED) is 0.590. The first kappa shape index (κ1) is 19.6. The number of benzene rings is 2. The number of hydrogen-bond donors (Lipinski definition) is 0. The summed E-state index contributed by atoms with van der Waals surface area (Å²) in [5.41, 5.74) is 11.4. The Labute approximate surface area is 155 Å². The minimum Gasteiger partial charge on any atom is -0.369 e. The van der Waals surface area contributed by atoms with Crippen LogP contribution in [0.25, 0.3) is 0 Å². The summed E-state index contributed by atoms with van der Waals surface area (Å²) in [4.78, 5) is 2.59. The normalized spacial score (nSPS) is 11.2. The number of hydrogen-bond acceptors (Lipinski definition) is 1. The second-order valence-corrected chi connectivity index (χ2v) is 8.02. The molecule has 0 heterocycles. The molecule has 0 saturated heterocycles. The van der Waals surface area contributed by atoms with Crippen molar-refractivity contribution >= 4 is 5.69 Å². The molecule has 0 N–H and O–H groups in total. The maximum Gasteiger partial charge on any atom is 0.0428 e. The first-order valence-corrected chi connectivity index (χ1v) is 9.62. The SMILES string of the molecule is Cc1cc(C)c(CCCN(c2c(C)cc(C)cc2C)C(C)C)c(C)c1. The molecule has 2 aromatic carbocycles. The maximum absolute atomic E-state index is 2.59. The molecule has 0 amide bonds. The Morgan fingerprint density at radius 3 is 1.60 bits per heavy atom. The molecule has 136 valence electrons. The van der Waals surface area contributed by atoms with Gasteiger partial charge in [-0.15, -0.1) is 0 Å². The van der Waals surface area contributed by atoms with E-state index in [4.69, 9.17) is 0 Å². The van der Waals surface area contributed by atoms with Crippen molar-refractivity contribution in [2.75, 3.05) is 11.4 Å². The van der Waals surface area contributed by atoms with Crippen LogP contribution in [0.1, 0.15) is 59.2 Å². The van der Waals surface area contributed by atoms with Crippen molar-refractivity contribution in [2.45, 2.75) is 74.3 Å². The second-order valence-electron chi connectivity index (χ2n) is 8.02. The molecule has 0 unspecified atom stereocenters. The van der Waals surface area contributed by atoms with Crippen LogP contribution in [0.3, 0.4) is 0 Å². The van der Waals surface area contributed by atoms with Crippen molar-refractivity contribution in [1.82, 2.24) is 0 Å². The predicted octanol–water partition coefficient (Wildman–Crippen LogP) is 6.38. The van der Waals surface area contributed by atoms with Crippen molar-refractivity contribution in [1.29, 1.82) is 0 Å². The van der Waals surface area contributed by atoms with Gasteiger partial charge in [-0.2, -0.15) is 0 Å². The first-order chi connectivity index (χ1) is 11.7. The van der Waals surface area contributed by atoms with Crippen LogP contribution in [0.4, 0.5) is 5.69 Å². The third-order valence-corrected chi connectivity index (χ3v) is 5.21. The molecule has 2 aromatic rings. The lowest BCUT2D eigenvalue weighted by Gasteiger charge is -2.32. The molecule has 1 nitrogen and oxygen atoms in total. The fraction of sp³-hybridized carbons (Fsp3) is 0.500. The molecule has 2 rings (SSSR count). The molecule has 0 aliphatic carbocycles. The Kier molecular flexibility index (Phi) is 6.32. The van der Waals surface area contributed by atoms with Gasteiger partial charge in [0.15, 0.2) is 0 Å². The van der Waals surface area contributed by atoms with E-state index in [9.17, 15) is 0 Å². The zero-order chi connectivity index (χ0) is 18.7. The first-order valence-electron chi connectivity index (χ1n) is 9.62. The molecule has 0 radical (unpaired) electrons. The Hall–Kier alpha value is -1.76. The Balaban J connectivity index is 2.17. The van der Waals surface area contributed by atoms with Crippen LogP contribution in [0.15, 0.2) is 24.3 Å². The summed E-state index contributed by atoms with van der Waals surface area (Å²) in [5.74, 6) is 0. The van der Waals surface area contributed by atoms with Crippen molar-refractivity contribution in [3.05, 3.63) is 63.2 Å². The van der Waals surface area contributed by atoms with Gasteiger partial charge < -0.3 is 4.90 Å². The zero-order valence-electron chi connectivity index (χ0n) is 17.5. The van der Waals surface area contributed by atoms with Gasteiger partial charge in [-0.25, -0.2) is 0 Å². The lowest BCUT2D eigenvalue weighted by molar-refractivity contribution is 0.648. The summed E-state index contributed by atoms with van der Waals surface area (Å²) in [5, 5.41) is 0. The van der Waals surface area contributed by atoms with Crippen LogP contribution < -0.4 is 4.90 Å². The van der Waals surface area contributed by atoms with Gasteiger partial charge in [-0.1, -0.05) is 35.4 Å².